The van der Waals surface area contributed by atoms with Crippen molar-refractivity contribution in [3.05, 3.63) is 143 Å². The molecule has 4 N–H and O–H groups in total. The zero-order valence-electron chi connectivity index (χ0n) is 47.7. The average molecular weight is 1100 g/mol. The van der Waals surface area contributed by atoms with E-state index in [9.17, 15) is 24.0 Å². The number of benzene rings is 4. The molecule has 80 heavy (non-hydrogen) atoms. The molecule has 5 heterocycles. The second-order valence-electron chi connectivity index (χ2n) is 21.9. The van der Waals surface area contributed by atoms with Crippen LogP contribution in [-0.2, 0) is 49.6 Å². The van der Waals surface area contributed by atoms with Crippen LogP contribution in [0.15, 0.2) is 114 Å². The van der Waals surface area contributed by atoms with Gasteiger partial charge in [-0.1, -0.05) is 72.8 Å². The second kappa shape index (κ2) is 34.6. The predicted octanol–water partition coefficient (Wildman–Crippen LogP) is 7.50. The van der Waals surface area contributed by atoms with Gasteiger partial charge in [0.05, 0.1) is 5.92 Å². The van der Waals surface area contributed by atoms with Crippen molar-refractivity contribution in [1.82, 2.24) is 35.6 Å². The number of hydrogen-bond acceptors (Lipinski definition) is 12. The van der Waals surface area contributed by atoms with E-state index in [-0.39, 0.29) is 35.7 Å². The Balaban J connectivity index is 0.000000197. The molecule has 0 spiro atoms. The van der Waals surface area contributed by atoms with Crippen molar-refractivity contribution >= 4 is 37.1 Å². The van der Waals surface area contributed by atoms with E-state index < -0.39 is 11.6 Å². The van der Waals surface area contributed by atoms with Gasteiger partial charge in [-0.25, -0.2) is 4.79 Å². The van der Waals surface area contributed by atoms with Gasteiger partial charge in [0.2, 0.25) is 0 Å². The maximum atomic E-state index is 13.0. The van der Waals surface area contributed by atoms with Gasteiger partial charge in [0.1, 0.15) is 5.60 Å². The molecule has 432 valence electrons. The molecule has 9 rings (SSSR count). The molecule has 4 amide bonds. The zero-order chi connectivity index (χ0) is 56.8. The number of ether oxygens (including phenoxy) is 2. The third kappa shape index (κ3) is 23.7. The minimum absolute atomic E-state index is 0.000321. The molecule has 17 nitrogen and oxygen atoms in total. The van der Waals surface area contributed by atoms with Gasteiger partial charge >= 0.3 is 138 Å². The first-order valence-corrected chi connectivity index (χ1v) is 28.9. The minimum Gasteiger partial charge on any atom is -0.352 e. The molecule has 18 heteroatoms. The van der Waals surface area contributed by atoms with Crippen LogP contribution < -0.4 is 16.0 Å². The summed E-state index contributed by atoms with van der Waals surface area (Å²) in [6.07, 6.45) is 7.46. The van der Waals surface area contributed by atoms with Gasteiger partial charge in [0.25, 0.3) is 11.8 Å². The molecule has 4 saturated heterocycles. The van der Waals surface area contributed by atoms with Crippen LogP contribution in [0.1, 0.15) is 109 Å². The van der Waals surface area contributed by atoms with Gasteiger partial charge in [-0.15, -0.1) is 0 Å². The molecule has 4 aromatic rings. The number of amides is 4. The standard InChI is InChI=1S/C27H35BN4O3.C20H25N3O.C11H19NO4.C4H8O/c33-26(29-14-12-22-5-2-1-3-6-22)24-10-8-23(9-11-24)21-31-16-18-32(19-17-31)27(34)25-7-4-20-35-28-30-15-13-25;24-20(22-11-10-17-4-2-1-3-5-17)19-8-6-18(7-9-19)16-23-14-12-21-13-15-23;1-11(2,3)16-10(15)12-6-4-8(5-7-12)9(13)14;1-2-4-5-3-1/h1-3,5-6,8-11,25H,4,7,12-21H2,(H,29,33);1-9,21H,10-16H2,(H,22,24);8H,4-7H2,1-3H3,(H,13,14);1-4H2. The Bertz CT molecular complexity index is 2470. The average Bonchev–Trinajstić information content (AvgIpc) is 4.11. The summed E-state index contributed by atoms with van der Waals surface area (Å²) in [5.74, 6) is -0.819. The van der Waals surface area contributed by atoms with E-state index >= 15 is 0 Å². The van der Waals surface area contributed by atoms with E-state index in [0.717, 1.165) is 116 Å². The number of rotatable bonds is 14. The van der Waals surface area contributed by atoms with E-state index in [1.54, 1.807) is 4.90 Å². The number of carbonyl (C=O) groups is 5. The summed E-state index contributed by atoms with van der Waals surface area (Å²) in [5, 5.41) is 18.2. The zero-order valence-corrected chi connectivity index (χ0v) is 47.7. The first kappa shape index (κ1) is 62.7. The van der Waals surface area contributed by atoms with Gasteiger partial charge in [-0.3, -0.25) is 19.3 Å². The molecular formula is C62H87BN8O9. The number of carbonyl (C=O) groups excluding carboxylic acids is 4. The number of nitrogens with one attached hydrogen (secondary N) is 3. The first-order valence-electron chi connectivity index (χ1n) is 28.9. The van der Waals surface area contributed by atoms with E-state index in [1.807, 2.05) is 98.5 Å². The van der Waals surface area contributed by atoms with E-state index in [0.29, 0.717) is 57.7 Å². The molecule has 0 bridgehead atoms. The van der Waals surface area contributed by atoms with Crippen molar-refractivity contribution < 1.29 is 43.2 Å². The van der Waals surface area contributed by atoms with Crippen molar-refractivity contribution in [2.24, 2.45) is 16.7 Å². The van der Waals surface area contributed by atoms with Crippen molar-refractivity contribution in [2.45, 2.75) is 97.2 Å². The number of aliphatic carboxylic acids is 1. The van der Waals surface area contributed by atoms with E-state index in [1.165, 1.54) is 42.4 Å². The predicted molar refractivity (Wildman–Crippen MR) is 312 cm³/mol. The van der Waals surface area contributed by atoms with Gasteiger partial charge in [-0.05, 0) is 100 Å². The van der Waals surface area contributed by atoms with Gasteiger partial charge in [-0.2, -0.15) is 0 Å². The molecule has 4 aromatic carbocycles. The third-order valence-electron chi connectivity index (χ3n) is 14.5. The van der Waals surface area contributed by atoms with Crippen LogP contribution in [0, 0.1) is 11.8 Å². The Morgan fingerprint density at radius 2 is 1.11 bits per heavy atom. The summed E-state index contributed by atoms with van der Waals surface area (Å²) in [6, 6.07) is 36.2. The molecular weight excluding hydrogens is 1010 g/mol. The smallest absolute Gasteiger partial charge is 0.352 e. The number of piperidine rings is 1. The fraction of sp³-hybridized carbons (Fsp3) is 0.532. The van der Waals surface area contributed by atoms with Crippen LogP contribution in [0.25, 0.3) is 0 Å². The Hall–Kier alpha value is -6.47. The van der Waals surface area contributed by atoms with Crippen molar-refractivity contribution in [1.29, 1.82) is 0 Å². The normalized spacial score (nSPS) is 18.0. The summed E-state index contributed by atoms with van der Waals surface area (Å²) < 4.78 is 15.5. The van der Waals surface area contributed by atoms with E-state index in [2.05, 4.69) is 67.0 Å². The summed E-state index contributed by atoms with van der Waals surface area (Å²) >= 11 is 0. The molecule has 1 unspecified atom stereocenters. The summed E-state index contributed by atoms with van der Waals surface area (Å²) in [4.78, 5) is 72.7. The SMILES string of the molecule is C1CCOC1.CC(C)(C)OC(=O)N1CCC(C(=O)O)CC1.O=C(NCCc1ccccc1)c1ccc(CN2CCN(C(=O)C3CCCOB=NCC3)CC2)cc1.O=C(NCCc1ccccc1)c1ccc(CN2CCNCC2)cc1. The van der Waals surface area contributed by atoms with Crippen LogP contribution in [0.5, 0.6) is 0 Å². The fourth-order valence-electron chi connectivity index (χ4n) is 9.77. The molecule has 4 fully saturated rings. The Labute approximate surface area is 475 Å². The van der Waals surface area contributed by atoms with Crippen LogP contribution in [-0.4, -0.2) is 172 Å². The Kier molecular flexibility index (Phi) is 27.2. The molecule has 5 aliphatic heterocycles. The summed E-state index contributed by atoms with van der Waals surface area (Å²) in [7, 11) is 1.52. The van der Waals surface area contributed by atoms with Crippen LogP contribution in [0.2, 0.25) is 0 Å². The summed E-state index contributed by atoms with van der Waals surface area (Å²) in [5.41, 5.74) is 5.81. The maximum absolute atomic E-state index is 13.0. The fourth-order valence-corrected chi connectivity index (χ4v) is 9.77. The molecule has 5 aliphatic rings. The van der Waals surface area contributed by atoms with Crippen LogP contribution in [0.3, 0.4) is 0 Å². The molecule has 0 radical (unpaired) electrons. The number of carboxylic acid groups (broad SMARTS) is 1. The molecule has 0 aliphatic carbocycles. The number of likely N-dealkylation sites (tertiary alicyclic amines) is 1. The van der Waals surface area contributed by atoms with E-state index in [4.69, 9.17) is 19.2 Å². The minimum atomic E-state index is -0.774. The van der Waals surface area contributed by atoms with Gasteiger partial charge in [0, 0.05) is 83.2 Å². The Morgan fingerprint density at radius 3 is 1.59 bits per heavy atom. The summed E-state index contributed by atoms with van der Waals surface area (Å²) in [6.45, 7) is 20.2. The first-order chi connectivity index (χ1) is 38.8. The van der Waals surface area contributed by atoms with Crippen molar-refractivity contribution in [3.63, 3.8) is 0 Å². The van der Waals surface area contributed by atoms with Gasteiger partial charge in [0.15, 0.2) is 0 Å². The third-order valence-corrected chi connectivity index (χ3v) is 14.5. The topological polar surface area (TPSA) is 195 Å². The Morgan fingerprint density at radius 1 is 0.600 bits per heavy atom. The van der Waals surface area contributed by atoms with Crippen LogP contribution >= 0.6 is 0 Å². The molecule has 1 atom stereocenters. The molecule has 0 aromatic heterocycles. The number of nitrogens with zero attached hydrogens (tertiary/aromatic N) is 5. The second-order valence-corrected chi connectivity index (χ2v) is 21.9. The number of piperazine rings is 2. The van der Waals surface area contributed by atoms with Crippen molar-refractivity contribution in [2.75, 3.05) is 105 Å². The van der Waals surface area contributed by atoms with Crippen molar-refractivity contribution in [3.8, 4) is 0 Å². The quantitative estimate of drug-likeness (QED) is 0.0910. The number of hydrogen-bond donors (Lipinski definition) is 4. The number of carboxylic acids is 1. The van der Waals surface area contributed by atoms with Gasteiger partial charge < -0.3 is 35.4 Å². The molecule has 0 saturated carbocycles. The van der Waals surface area contributed by atoms with Crippen LogP contribution in [0.4, 0.5) is 4.79 Å². The monoisotopic (exact) mass is 1100 g/mol.